The zero-order chi connectivity index (χ0) is 15.1. The summed E-state index contributed by atoms with van der Waals surface area (Å²) in [4.78, 5) is 0. The van der Waals surface area contributed by atoms with Crippen LogP contribution < -0.4 is 0 Å². The van der Waals surface area contributed by atoms with E-state index in [9.17, 15) is 35.8 Å². The van der Waals surface area contributed by atoms with E-state index in [-0.39, 0.29) is 5.56 Å². The van der Waals surface area contributed by atoms with Gasteiger partial charge in [0.25, 0.3) is 0 Å². The van der Waals surface area contributed by atoms with Crippen LogP contribution in [0, 0.1) is 6.92 Å². The average Bonchev–Trinajstić information content (AvgIpc) is 2.24. The lowest BCUT2D eigenvalue weighted by atomic mass is 9.89. The minimum Gasteiger partial charge on any atom is -0.384 e. The van der Waals surface area contributed by atoms with Gasteiger partial charge in [0.2, 0.25) is 0 Å². The molecule has 0 saturated carbocycles. The van der Waals surface area contributed by atoms with Crippen LogP contribution in [0.1, 0.15) is 17.2 Å². The first-order valence-corrected chi connectivity index (χ1v) is 4.99. The molecular formula is C11H9F7O. The molecule has 0 aliphatic rings. The smallest absolute Gasteiger partial charge is 0.384 e. The van der Waals surface area contributed by atoms with E-state index >= 15 is 0 Å². The predicted octanol–water partition coefficient (Wildman–Crippen LogP) is 3.86. The van der Waals surface area contributed by atoms with Crippen LogP contribution in [-0.4, -0.2) is 23.1 Å². The fraction of sp³-hybridized carbons (Fsp3) is 0.455. The summed E-state index contributed by atoms with van der Waals surface area (Å²) < 4.78 is 88.0. The minimum atomic E-state index is -6.28. The third-order valence-corrected chi connectivity index (χ3v) is 2.68. The van der Waals surface area contributed by atoms with Crippen LogP contribution in [0.2, 0.25) is 0 Å². The standard InChI is InChI=1S/C11H9F7O/c1-6-4-2-3-5-7(6)8(19)9(12,10(13,14)15)11(16,17)18/h2-5,8,19H,1H3/t8-/m1/s1. The van der Waals surface area contributed by atoms with Crippen LogP contribution >= 0.6 is 0 Å². The molecule has 0 fully saturated rings. The largest absolute Gasteiger partial charge is 0.434 e. The molecule has 8 heteroatoms. The molecule has 19 heavy (non-hydrogen) atoms. The van der Waals surface area contributed by atoms with Gasteiger partial charge >= 0.3 is 18.0 Å². The summed E-state index contributed by atoms with van der Waals surface area (Å²) in [6, 6.07) is 4.43. The molecule has 1 nitrogen and oxygen atoms in total. The molecule has 1 aromatic carbocycles. The second-order valence-corrected chi connectivity index (χ2v) is 3.97. The normalized spacial score (nSPS) is 15.4. The van der Waals surface area contributed by atoms with Gasteiger partial charge in [-0.1, -0.05) is 24.3 Å². The lowest BCUT2D eigenvalue weighted by molar-refractivity contribution is -0.366. The van der Waals surface area contributed by atoms with E-state index in [4.69, 9.17) is 0 Å². The maximum atomic E-state index is 13.6. The summed E-state index contributed by atoms with van der Waals surface area (Å²) >= 11 is 0. The molecular weight excluding hydrogens is 281 g/mol. The Morgan fingerprint density at radius 1 is 0.895 bits per heavy atom. The van der Waals surface area contributed by atoms with E-state index in [0.717, 1.165) is 12.1 Å². The van der Waals surface area contributed by atoms with Crippen LogP contribution in [0.3, 0.4) is 0 Å². The Labute approximate surface area is 103 Å². The zero-order valence-electron chi connectivity index (χ0n) is 9.48. The summed E-state index contributed by atoms with van der Waals surface area (Å²) in [6.07, 6.45) is -16.0. The van der Waals surface area contributed by atoms with Gasteiger partial charge < -0.3 is 5.11 Å². The van der Waals surface area contributed by atoms with Crippen molar-refractivity contribution in [3.05, 3.63) is 35.4 Å². The Morgan fingerprint density at radius 2 is 1.32 bits per heavy atom. The summed E-state index contributed by atoms with van der Waals surface area (Å²) in [5, 5.41) is 9.28. The van der Waals surface area contributed by atoms with Crippen molar-refractivity contribution < 1.29 is 35.8 Å². The SMILES string of the molecule is Cc1ccccc1[C@@H](O)C(F)(C(F)(F)F)C(F)(F)F. The van der Waals surface area contributed by atoms with Crippen molar-refractivity contribution in [2.45, 2.75) is 31.0 Å². The molecule has 0 heterocycles. The maximum Gasteiger partial charge on any atom is 0.434 e. The van der Waals surface area contributed by atoms with Crippen molar-refractivity contribution in [3.8, 4) is 0 Å². The van der Waals surface area contributed by atoms with Gasteiger partial charge in [-0.05, 0) is 18.1 Å². The molecule has 0 aromatic heterocycles. The van der Waals surface area contributed by atoms with Gasteiger partial charge in [-0.3, -0.25) is 0 Å². The van der Waals surface area contributed by atoms with Crippen LogP contribution in [0.4, 0.5) is 30.7 Å². The molecule has 0 bridgehead atoms. The predicted molar refractivity (Wildman–Crippen MR) is 52.1 cm³/mol. The Kier molecular flexibility index (Phi) is 3.86. The molecule has 1 N–H and O–H groups in total. The van der Waals surface area contributed by atoms with Gasteiger partial charge in [0.05, 0.1) is 0 Å². The van der Waals surface area contributed by atoms with Gasteiger partial charge in [0, 0.05) is 0 Å². The monoisotopic (exact) mass is 290 g/mol. The molecule has 1 aromatic rings. The highest BCUT2D eigenvalue weighted by Crippen LogP contribution is 2.53. The van der Waals surface area contributed by atoms with Gasteiger partial charge in [0.15, 0.2) is 0 Å². The molecule has 0 unspecified atom stereocenters. The summed E-state index contributed by atoms with van der Waals surface area (Å²) in [5.41, 5.74) is -6.56. The molecule has 0 aliphatic heterocycles. The van der Waals surface area contributed by atoms with Gasteiger partial charge in [-0.15, -0.1) is 0 Å². The number of rotatable bonds is 2. The first-order valence-electron chi connectivity index (χ1n) is 4.99. The van der Waals surface area contributed by atoms with Crippen molar-refractivity contribution in [2.75, 3.05) is 0 Å². The fourth-order valence-corrected chi connectivity index (χ4v) is 1.58. The molecule has 0 amide bonds. The number of hydrogen-bond acceptors (Lipinski definition) is 1. The minimum absolute atomic E-state index is 0.0782. The van der Waals surface area contributed by atoms with E-state index < -0.39 is 29.7 Å². The third-order valence-electron chi connectivity index (χ3n) is 2.68. The van der Waals surface area contributed by atoms with Gasteiger partial charge in [-0.25, -0.2) is 4.39 Å². The number of aryl methyl sites for hydroxylation is 1. The van der Waals surface area contributed by atoms with Crippen molar-refractivity contribution in [1.29, 1.82) is 0 Å². The van der Waals surface area contributed by atoms with Crippen LogP contribution in [0.25, 0.3) is 0 Å². The number of aliphatic hydroxyl groups is 1. The maximum absolute atomic E-state index is 13.6. The molecule has 0 spiro atoms. The van der Waals surface area contributed by atoms with Gasteiger partial charge in [0.1, 0.15) is 6.10 Å². The number of aliphatic hydroxyl groups excluding tert-OH is 1. The zero-order valence-corrected chi connectivity index (χ0v) is 9.48. The Bertz CT molecular complexity index is 435. The van der Waals surface area contributed by atoms with Crippen LogP contribution in [0.15, 0.2) is 24.3 Å². The molecule has 1 atom stereocenters. The Balaban J connectivity index is 3.41. The first-order chi connectivity index (χ1) is 8.43. The molecule has 0 radical (unpaired) electrons. The number of hydrogen-bond donors (Lipinski definition) is 1. The summed E-state index contributed by atoms with van der Waals surface area (Å²) in [6.45, 7) is 1.17. The Hall–Kier alpha value is -1.31. The van der Waals surface area contributed by atoms with Crippen molar-refractivity contribution in [1.82, 2.24) is 0 Å². The quantitative estimate of drug-likeness (QED) is 0.820. The number of benzene rings is 1. The van der Waals surface area contributed by atoms with E-state index in [2.05, 4.69) is 0 Å². The lowest BCUT2D eigenvalue weighted by Crippen LogP contribution is -2.57. The first kappa shape index (κ1) is 15.7. The van der Waals surface area contributed by atoms with E-state index in [0.29, 0.717) is 0 Å². The van der Waals surface area contributed by atoms with E-state index in [1.807, 2.05) is 0 Å². The second kappa shape index (κ2) is 4.66. The molecule has 1 rings (SSSR count). The highest BCUT2D eigenvalue weighted by Gasteiger charge is 2.76. The van der Waals surface area contributed by atoms with Gasteiger partial charge in [-0.2, -0.15) is 26.3 Å². The summed E-state index contributed by atoms with van der Waals surface area (Å²) in [7, 11) is 0. The topological polar surface area (TPSA) is 20.2 Å². The van der Waals surface area contributed by atoms with Crippen molar-refractivity contribution >= 4 is 0 Å². The van der Waals surface area contributed by atoms with Crippen molar-refractivity contribution in [3.63, 3.8) is 0 Å². The molecule has 0 aliphatic carbocycles. The lowest BCUT2D eigenvalue weighted by Gasteiger charge is -2.34. The van der Waals surface area contributed by atoms with Crippen LogP contribution in [-0.2, 0) is 0 Å². The van der Waals surface area contributed by atoms with Crippen LogP contribution in [0.5, 0.6) is 0 Å². The third kappa shape index (κ3) is 2.54. The highest BCUT2D eigenvalue weighted by atomic mass is 19.4. The summed E-state index contributed by atoms with van der Waals surface area (Å²) in [5.74, 6) is 0. The Morgan fingerprint density at radius 3 is 1.68 bits per heavy atom. The second-order valence-electron chi connectivity index (χ2n) is 3.97. The number of alkyl halides is 7. The molecule has 108 valence electrons. The van der Waals surface area contributed by atoms with E-state index in [1.165, 1.54) is 19.1 Å². The van der Waals surface area contributed by atoms with Crippen molar-refractivity contribution in [2.24, 2.45) is 0 Å². The highest BCUT2D eigenvalue weighted by molar-refractivity contribution is 5.31. The average molecular weight is 290 g/mol. The van der Waals surface area contributed by atoms with E-state index in [1.54, 1.807) is 0 Å². The number of halogens is 7. The molecule has 0 saturated heterocycles. The fourth-order valence-electron chi connectivity index (χ4n) is 1.58.